The Morgan fingerprint density at radius 3 is 2.73 bits per heavy atom. The molecule has 26 heavy (non-hydrogen) atoms. The van der Waals surface area contributed by atoms with E-state index in [1.54, 1.807) is 0 Å². The van der Waals surface area contributed by atoms with Crippen LogP contribution in [-0.2, 0) is 16.0 Å². The highest BCUT2D eigenvalue weighted by Crippen LogP contribution is 2.45. The molecular weight excluding hydrogens is 344 g/mol. The van der Waals surface area contributed by atoms with E-state index in [9.17, 15) is 0 Å². The zero-order valence-corrected chi connectivity index (χ0v) is 17.0. The molecule has 0 aliphatic carbocycles. The van der Waals surface area contributed by atoms with Crippen LogP contribution in [-0.4, -0.2) is 69.5 Å². The number of piperidine rings is 1. The summed E-state index contributed by atoms with van der Waals surface area (Å²) in [6.45, 7) is 10.2. The number of thiophene rings is 1. The summed E-state index contributed by atoms with van der Waals surface area (Å²) in [6, 6.07) is 2.27. The van der Waals surface area contributed by atoms with Crippen LogP contribution in [0.4, 0.5) is 0 Å². The highest BCUT2D eigenvalue weighted by atomic mass is 32.1. The molecule has 4 nitrogen and oxygen atoms in total. The minimum Gasteiger partial charge on any atom is -0.384 e. The highest BCUT2D eigenvalue weighted by molar-refractivity contribution is 7.07. The van der Waals surface area contributed by atoms with Gasteiger partial charge >= 0.3 is 0 Å². The average Bonchev–Trinajstić information content (AvgIpc) is 3.27. The summed E-state index contributed by atoms with van der Waals surface area (Å²) in [5.74, 6) is 1.54. The summed E-state index contributed by atoms with van der Waals surface area (Å²) in [4.78, 5) is 5.41. The number of ether oxygens (including phenoxy) is 2. The van der Waals surface area contributed by atoms with Gasteiger partial charge in [-0.1, -0.05) is 0 Å². The first-order chi connectivity index (χ1) is 12.8. The van der Waals surface area contributed by atoms with Crippen molar-refractivity contribution in [2.75, 3.05) is 59.7 Å². The molecule has 4 heterocycles. The number of hydrogen-bond donors (Lipinski definition) is 0. The molecule has 5 heteroatoms. The summed E-state index contributed by atoms with van der Waals surface area (Å²) in [7, 11) is 1.88. The Hall–Kier alpha value is -0.460. The van der Waals surface area contributed by atoms with Crippen molar-refractivity contribution in [2.45, 2.75) is 32.2 Å². The second kappa shape index (κ2) is 8.70. The minimum absolute atomic E-state index is 0.478. The number of rotatable bonds is 6. The molecule has 1 aromatic rings. The molecule has 3 aliphatic heterocycles. The molecule has 1 atom stereocenters. The first kappa shape index (κ1) is 18.9. The van der Waals surface area contributed by atoms with Gasteiger partial charge in [0, 0.05) is 52.4 Å². The van der Waals surface area contributed by atoms with Gasteiger partial charge in [-0.2, -0.15) is 11.3 Å². The van der Waals surface area contributed by atoms with E-state index in [0.717, 1.165) is 32.3 Å². The lowest BCUT2D eigenvalue weighted by Gasteiger charge is -2.42. The van der Waals surface area contributed by atoms with E-state index in [0.29, 0.717) is 11.3 Å². The maximum absolute atomic E-state index is 5.64. The third kappa shape index (κ3) is 4.33. The van der Waals surface area contributed by atoms with Gasteiger partial charge in [0.2, 0.25) is 0 Å². The molecule has 3 saturated heterocycles. The van der Waals surface area contributed by atoms with E-state index in [2.05, 4.69) is 26.6 Å². The molecule has 1 spiro atoms. The van der Waals surface area contributed by atoms with E-state index < -0.39 is 0 Å². The molecule has 4 rings (SSSR count). The molecular formula is C21H34N2O2S. The molecule has 1 unspecified atom stereocenters. The molecule has 3 fully saturated rings. The van der Waals surface area contributed by atoms with Crippen LogP contribution in [0.5, 0.6) is 0 Å². The molecule has 0 bridgehead atoms. The van der Waals surface area contributed by atoms with Gasteiger partial charge in [0.25, 0.3) is 0 Å². The Kier molecular flexibility index (Phi) is 6.32. The number of nitrogens with zero attached hydrogens (tertiary/aromatic N) is 2. The lowest BCUT2D eigenvalue weighted by atomic mass is 9.71. The van der Waals surface area contributed by atoms with E-state index in [1.807, 2.05) is 18.4 Å². The third-order valence-electron chi connectivity index (χ3n) is 6.95. The molecule has 0 amide bonds. The van der Waals surface area contributed by atoms with Gasteiger partial charge in [0.05, 0.1) is 6.61 Å². The smallest absolute Gasteiger partial charge is 0.0508 e. The van der Waals surface area contributed by atoms with Crippen LogP contribution in [0, 0.1) is 17.3 Å². The van der Waals surface area contributed by atoms with Gasteiger partial charge in [-0.3, -0.25) is 4.90 Å². The van der Waals surface area contributed by atoms with Crippen molar-refractivity contribution in [3.8, 4) is 0 Å². The maximum Gasteiger partial charge on any atom is 0.0508 e. The van der Waals surface area contributed by atoms with Crippen LogP contribution in [0.15, 0.2) is 16.8 Å². The Bertz CT molecular complexity index is 536. The Labute approximate surface area is 162 Å². The molecule has 0 radical (unpaired) electrons. The van der Waals surface area contributed by atoms with E-state index in [-0.39, 0.29) is 0 Å². The van der Waals surface area contributed by atoms with Crippen molar-refractivity contribution in [1.29, 1.82) is 0 Å². The third-order valence-corrected chi connectivity index (χ3v) is 7.68. The van der Waals surface area contributed by atoms with Gasteiger partial charge < -0.3 is 14.4 Å². The van der Waals surface area contributed by atoms with Gasteiger partial charge in [0.15, 0.2) is 0 Å². The van der Waals surface area contributed by atoms with Crippen molar-refractivity contribution in [2.24, 2.45) is 17.3 Å². The average molecular weight is 379 g/mol. The molecule has 0 N–H and O–H groups in total. The van der Waals surface area contributed by atoms with E-state index >= 15 is 0 Å². The van der Waals surface area contributed by atoms with Gasteiger partial charge in [-0.15, -0.1) is 0 Å². The van der Waals surface area contributed by atoms with Crippen molar-refractivity contribution in [3.05, 3.63) is 22.4 Å². The second-order valence-corrected chi connectivity index (χ2v) is 9.45. The summed E-state index contributed by atoms with van der Waals surface area (Å²) < 4.78 is 11.2. The van der Waals surface area contributed by atoms with Crippen LogP contribution >= 0.6 is 11.3 Å². The van der Waals surface area contributed by atoms with Crippen molar-refractivity contribution < 1.29 is 9.47 Å². The standard InChI is InChI=1S/C21H34N2O2S/c1-24-15-20-14-23(12-18-2-9-25-10-3-18)17-21(20)5-7-22(8-6-21)13-19-4-11-26-16-19/h4,11,16,18,20H,2-3,5-10,12-15,17H2,1H3. The predicted octanol–water partition coefficient (Wildman–Crippen LogP) is 3.34. The number of likely N-dealkylation sites (tertiary alicyclic amines) is 2. The Balaban J connectivity index is 1.34. The fourth-order valence-corrected chi connectivity index (χ4v) is 6.03. The largest absolute Gasteiger partial charge is 0.384 e. The van der Waals surface area contributed by atoms with Crippen LogP contribution < -0.4 is 0 Å². The van der Waals surface area contributed by atoms with Crippen LogP contribution in [0.3, 0.4) is 0 Å². The number of methoxy groups -OCH3 is 1. The summed E-state index contributed by atoms with van der Waals surface area (Å²) in [5.41, 5.74) is 1.96. The predicted molar refractivity (Wildman–Crippen MR) is 107 cm³/mol. The van der Waals surface area contributed by atoms with Gasteiger partial charge in [-0.25, -0.2) is 0 Å². The summed E-state index contributed by atoms with van der Waals surface area (Å²) in [5, 5.41) is 4.49. The Morgan fingerprint density at radius 1 is 1.23 bits per heavy atom. The lowest BCUT2D eigenvalue weighted by Crippen LogP contribution is -2.45. The SMILES string of the molecule is COCC1CN(CC2CCOCC2)CC12CCN(Cc1ccsc1)CC2. The van der Waals surface area contributed by atoms with Crippen molar-refractivity contribution in [1.82, 2.24) is 9.80 Å². The van der Waals surface area contributed by atoms with Crippen molar-refractivity contribution >= 4 is 11.3 Å². The topological polar surface area (TPSA) is 24.9 Å². The lowest BCUT2D eigenvalue weighted by molar-refractivity contribution is 0.0336. The molecule has 0 saturated carbocycles. The van der Waals surface area contributed by atoms with Crippen LogP contribution in [0.1, 0.15) is 31.2 Å². The first-order valence-corrected chi connectivity index (χ1v) is 11.2. The molecule has 0 aromatic carbocycles. The minimum atomic E-state index is 0.478. The summed E-state index contributed by atoms with van der Waals surface area (Å²) in [6.07, 6.45) is 5.14. The second-order valence-electron chi connectivity index (χ2n) is 8.67. The monoisotopic (exact) mass is 378 g/mol. The van der Waals surface area contributed by atoms with Crippen LogP contribution in [0.25, 0.3) is 0 Å². The number of hydrogen-bond acceptors (Lipinski definition) is 5. The fourth-order valence-electron chi connectivity index (χ4n) is 5.37. The normalized spacial score (nSPS) is 28.1. The highest BCUT2D eigenvalue weighted by Gasteiger charge is 2.47. The molecule has 3 aliphatic rings. The van der Waals surface area contributed by atoms with E-state index in [1.165, 1.54) is 64.0 Å². The zero-order chi connectivity index (χ0) is 17.8. The van der Waals surface area contributed by atoms with Gasteiger partial charge in [-0.05, 0) is 72.5 Å². The molecule has 1 aromatic heterocycles. The zero-order valence-electron chi connectivity index (χ0n) is 16.2. The first-order valence-electron chi connectivity index (χ1n) is 10.3. The van der Waals surface area contributed by atoms with Crippen molar-refractivity contribution in [3.63, 3.8) is 0 Å². The summed E-state index contributed by atoms with van der Waals surface area (Å²) >= 11 is 1.81. The molecule has 146 valence electrons. The van der Waals surface area contributed by atoms with Gasteiger partial charge in [0.1, 0.15) is 0 Å². The van der Waals surface area contributed by atoms with Crippen LogP contribution in [0.2, 0.25) is 0 Å². The quantitative estimate of drug-likeness (QED) is 0.758. The Morgan fingerprint density at radius 2 is 2.04 bits per heavy atom. The maximum atomic E-state index is 5.64. The van der Waals surface area contributed by atoms with E-state index in [4.69, 9.17) is 9.47 Å². The fraction of sp³-hybridized carbons (Fsp3) is 0.810.